The van der Waals surface area contributed by atoms with E-state index < -0.39 is 36.2 Å². The molecular weight excluding hydrogens is 393 g/mol. The molecular formula is C18H23F3N4O4. The summed E-state index contributed by atoms with van der Waals surface area (Å²) in [5, 5.41) is 26.1. The monoisotopic (exact) mass is 416 g/mol. The summed E-state index contributed by atoms with van der Waals surface area (Å²) in [5.74, 6) is 0.409. The Balaban J connectivity index is 1.31. The highest BCUT2D eigenvalue weighted by Crippen LogP contribution is 2.58. The molecule has 1 aromatic heterocycles. The van der Waals surface area contributed by atoms with E-state index in [1.54, 1.807) is 0 Å². The predicted octanol–water partition coefficient (Wildman–Crippen LogP) is 0.703. The number of halogens is 3. The summed E-state index contributed by atoms with van der Waals surface area (Å²) in [6, 6.07) is -0.879. The molecule has 4 N–H and O–H groups in total. The van der Waals surface area contributed by atoms with Crippen LogP contribution in [0.5, 0.6) is 0 Å². The van der Waals surface area contributed by atoms with Crippen LogP contribution in [-0.4, -0.2) is 63.6 Å². The first-order valence-electron chi connectivity index (χ1n) is 9.60. The van der Waals surface area contributed by atoms with Gasteiger partial charge in [0.2, 0.25) is 5.91 Å². The number of nitrogens with zero attached hydrogens (tertiary/aromatic N) is 2. The van der Waals surface area contributed by atoms with Crippen molar-refractivity contribution < 1.29 is 32.9 Å². The average Bonchev–Trinajstić information content (AvgIpc) is 3.26. The molecule has 29 heavy (non-hydrogen) atoms. The molecule has 2 heterocycles. The van der Waals surface area contributed by atoms with E-state index in [-0.39, 0.29) is 30.3 Å². The fourth-order valence-corrected chi connectivity index (χ4v) is 4.56. The zero-order valence-corrected chi connectivity index (χ0v) is 15.5. The van der Waals surface area contributed by atoms with Gasteiger partial charge in [-0.15, -0.1) is 0 Å². The molecule has 1 amide bonds. The second kappa shape index (κ2) is 7.37. The quantitative estimate of drug-likeness (QED) is 0.558. The van der Waals surface area contributed by atoms with Gasteiger partial charge in [0.1, 0.15) is 24.1 Å². The lowest BCUT2D eigenvalue weighted by Gasteiger charge is -2.40. The lowest BCUT2D eigenvalue weighted by molar-refractivity contribution is -0.147. The summed E-state index contributed by atoms with van der Waals surface area (Å²) >= 11 is 0. The minimum absolute atomic E-state index is 0.0453. The van der Waals surface area contributed by atoms with Crippen molar-refractivity contribution >= 4 is 11.7 Å². The maximum atomic E-state index is 12.7. The first-order chi connectivity index (χ1) is 13.7. The third kappa shape index (κ3) is 3.90. The van der Waals surface area contributed by atoms with Crippen molar-refractivity contribution in [3.05, 3.63) is 18.1 Å². The van der Waals surface area contributed by atoms with Crippen molar-refractivity contribution in [1.82, 2.24) is 15.3 Å². The van der Waals surface area contributed by atoms with Crippen molar-refractivity contribution in [2.45, 2.75) is 56.2 Å². The second-order valence-electron chi connectivity index (χ2n) is 8.19. The fraction of sp³-hybridized carbons (Fsp3) is 0.722. The first-order valence-corrected chi connectivity index (χ1v) is 9.60. The van der Waals surface area contributed by atoms with Crippen LogP contribution in [0.1, 0.15) is 31.4 Å². The van der Waals surface area contributed by atoms with Crippen molar-refractivity contribution in [2.24, 2.45) is 11.3 Å². The number of rotatable bonds is 5. The Bertz CT molecular complexity index is 766. The van der Waals surface area contributed by atoms with Gasteiger partial charge >= 0.3 is 6.18 Å². The van der Waals surface area contributed by atoms with Crippen LogP contribution in [0.25, 0.3) is 0 Å². The Hall–Kier alpha value is -1.98. The number of nitrogens with one attached hydrogen (secondary N) is 2. The molecule has 160 valence electrons. The highest BCUT2D eigenvalue weighted by Gasteiger charge is 2.55. The molecule has 4 atom stereocenters. The van der Waals surface area contributed by atoms with Crippen LogP contribution in [-0.2, 0) is 15.7 Å². The van der Waals surface area contributed by atoms with Gasteiger partial charge in [-0.2, -0.15) is 13.2 Å². The molecule has 1 saturated heterocycles. The van der Waals surface area contributed by atoms with Gasteiger partial charge in [-0.3, -0.25) is 9.78 Å². The number of fused-ring (bicyclic) bond motifs is 1. The van der Waals surface area contributed by atoms with Crippen LogP contribution < -0.4 is 10.6 Å². The standard InChI is InChI=1S/C18H23F3N4O4/c19-18(20,21)12-6-22-7-13(25-12)24-10-8-29-11(15(27)14(10)26)5-23-16(28)17-2-1-9(3-17)4-17/h6-7,9-11,14-15,26-27H,1-5,8H2,(H,23,28)(H,24,25)/t9?,10-,11+,14+,15-,17?/m0/s1. The summed E-state index contributed by atoms with van der Waals surface area (Å²) in [5.41, 5.74) is -1.45. The van der Waals surface area contributed by atoms with E-state index in [2.05, 4.69) is 20.6 Å². The summed E-state index contributed by atoms with van der Waals surface area (Å²) in [6.07, 6.45) is -2.66. The van der Waals surface area contributed by atoms with Crippen molar-refractivity contribution in [3.63, 3.8) is 0 Å². The normalized spacial score (nSPS) is 36.4. The number of amides is 1. The number of carbonyl (C=O) groups excluding carboxylic acids is 1. The molecule has 1 aliphatic heterocycles. The Labute approximate surface area is 164 Å². The van der Waals surface area contributed by atoms with Crippen molar-refractivity contribution in [3.8, 4) is 0 Å². The van der Waals surface area contributed by atoms with E-state index in [4.69, 9.17) is 4.74 Å². The Morgan fingerprint density at radius 2 is 2.03 bits per heavy atom. The number of alkyl halides is 3. The van der Waals surface area contributed by atoms with Gasteiger partial charge in [0.15, 0.2) is 5.69 Å². The lowest BCUT2D eigenvalue weighted by atomic mass is 9.69. The van der Waals surface area contributed by atoms with Crippen LogP contribution in [0.4, 0.5) is 19.0 Å². The lowest BCUT2D eigenvalue weighted by Crippen LogP contribution is -2.59. The molecule has 0 radical (unpaired) electrons. The van der Waals surface area contributed by atoms with Gasteiger partial charge < -0.3 is 25.6 Å². The van der Waals surface area contributed by atoms with E-state index in [0.717, 1.165) is 31.9 Å². The Morgan fingerprint density at radius 3 is 2.69 bits per heavy atom. The molecule has 3 saturated carbocycles. The molecule has 0 aromatic carbocycles. The number of anilines is 1. The molecule has 3 aliphatic carbocycles. The van der Waals surface area contributed by atoms with Crippen LogP contribution >= 0.6 is 0 Å². The van der Waals surface area contributed by atoms with E-state index in [9.17, 15) is 28.2 Å². The largest absolute Gasteiger partial charge is 0.434 e. The van der Waals surface area contributed by atoms with Crippen molar-refractivity contribution in [1.29, 1.82) is 0 Å². The number of ether oxygens (including phenoxy) is 1. The molecule has 4 fully saturated rings. The number of carbonyl (C=O) groups is 1. The molecule has 0 spiro atoms. The number of aromatic nitrogens is 2. The van der Waals surface area contributed by atoms with Crippen molar-refractivity contribution in [2.75, 3.05) is 18.5 Å². The maximum absolute atomic E-state index is 12.7. The first kappa shape index (κ1) is 20.3. The van der Waals surface area contributed by atoms with E-state index in [1.807, 2.05) is 0 Å². The van der Waals surface area contributed by atoms with Gasteiger partial charge in [-0.25, -0.2) is 4.98 Å². The minimum atomic E-state index is -4.64. The van der Waals surface area contributed by atoms with Gasteiger partial charge in [0, 0.05) is 12.0 Å². The van der Waals surface area contributed by atoms with Crippen LogP contribution in [0.3, 0.4) is 0 Å². The third-order valence-electron chi connectivity index (χ3n) is 6.23. The van der Waals surface area contributed by atoms with Gasteiger partial charge in [0.05, 0.1) is 25.0 Å². The molecule has 0 unspecified atom stereocenters. The Morgan fingerprint density at radius 1 is 1.28 bits per heavy atom. The fourth-order valence-electron chi connectivity index (χ4n) is 4.56. The number of aliphatic hydroxyl groups excluding tert-OH is 2. The maximum Gasteiger partial charge on any atom is 0.434 e. The van der Waals surface area contributed by atoms with Crippen LogP contribution in [0.2, 0.25) is 0 Å². The van der Waals surface area contributed by atoms with E-state index >= 15 is 0 Å². The summed E-state index contributed by atoms with van der Waals surface area (Å²) in [6.45, 7) is -0.0243. The topological polar surface area (TPSA) is 117 Å². The summed E-state index contributed by atoms with van der Waals surface area (Å²) < 4.78 is 43.8. The van der Waals surface area contributed by atoms with Gasteiger partial charge in [0.25, 0.3) is 0 Å². The highest BCUT2D eigenvalue weighted by molar-refractivity contribution is 5.84. The number of hydrogen-bond acceptors (Lipinski definition) is 7. The molecule has 11 heteroatoms. The van der Waals surface area contributed by atoms with Crippen LogP contribution in [0, 0.1) is 11.3 Å². The van der Waals surface area contributed by atoms with Gasteiger partial charge in [-0.05, 0) is 31.6 Å². The zero-order valence-electron chi connectivity index (χ0n) is 15.5. The van der Waals surface area contributed by atoms with Crippen LogP contribution in [0.15, 0.2) is 12.4 Å². The second-order valence-corrected chi connectivity index (χ2v) is 8.19. The van der Waals surface area contributed by atoms with E-state index in [0.29, 0.717) is 12.1 Å². The summed E-state index contributed by atoms with van der Waals surface area (Å²) in [7, 11) is 0. The zero-order chi connectivity index (χ0) is 20.8. The number of aliphatic hydroxyl groups is 2. The molecule has 4 aliphatic rings. The Kier molecular flexibility index (Phi) is 5.16. The molecule has 5 rings (SSSR count). The molecule has 1 aromatic rings. The highest BCUT2D eigenvalue weighted by atomic mass is 19.4. The smallest absolute Gasteiger partial charge is 0.388 e. The molecule has 8 nitrogen and oxygen atoms in total. The summed E-state index contributed by atoms with van der Waals surface area (Å²) in [4.78, 5) is 19.3. The average molecular weight is 416 g/mol. The van der Waals surface area contributed by atoms with Gasteiger partial charge in [-0.1, -0.05) is 0 Å². The number of hydrogen-bond donors (Lipinski definition) is 4. The minimum Gasteiger partial charge on any atom is -0.388 e. The SMILES string of the molecule is O=C(NC[C@H]1OC[C@H](Nc2cncc(C(F)(F)F)n2)[C@@H](O)[C@H]1O)C12CCC(C1)C2. The van der Waals surface area contributed by atoms with E-state index in [1.165, 1.54) is 0 Å². The molecule has 2 bridgehead atoms. The third-order valence-corrected chi connectivity index (χ3v) is 6.23. The predicted molar refractivity (Wildman–Crippen MR) is 93.6 cm³/mol.